The van der Waals surface area contributed by atoms with Gasteiger partial charge in [-0.25, -0.2) is 9.59 Å². The van der Waals surface area contributed by atoms with Gasteiger partial charge in [-0.3, -0.25) is 4.98 Å². The fraction of sp³-hybridized carbons (Fsp3) is 0. The van der Waals surface area contributed by atoms with Crippen molar-refractivity contribution in [1.82, 2.24) is 4.98 Å². The number of carboxylic acids is 2. The molecule has 0 aliphatic rings. The van der Waals surface area contributed by atoms with E-state index >= 15 is 0 Å². The number of nitrogen functional groups attached to an aromatic ring is 1. The SMILES string of the molecule is Nc1cncc(C(=O)O)c1C(=O)O. The summed E-state index contributed by atoms with van der Waals surface area (Å²) in [6.07, 6.45) is 2.04. The first-order chi connectivity index (χ1) is 6.04. The van der Waals surface area contributed by atoms with E-state index in [0.29, 0.717) is 0 Å². The molecular weight excluding hydrogens is 176 g/mol. The van der Waals surface area contributed by atoms with Gasteiger partial charge in [-0.2, -0.15) is 0 Å². The van der Waals surface area contributed by atoms with Crippen molar-refractivity contribution in [3.63, 3.8) is 0 Å². The van der Waals surface area contributed by atoms with E-state index in [2.05, 4.69) is 4.98 Å². The van der Waals surface area contributed by atoms with Gasteiger partial charge in [-0.15, -0.1) is 0 Å². The highest BCUT2D eigenvalue weighted by Gasteiger charge is 2.18. The lowest BCUT2D eigenvalue weighted by molar-refractivity contribution is 0.0652. The average molecular weight is 182 g/mol. The molecule has 1 aromatic heterocycles. The summed E-state index contributed by atoms with van der Waals surface area (Å²) in [5, 5.41) is 17.2. The number of nitrogens with zero attached hydrogens (tertiary/aromatic N) is 1. The van der Waals surface area contributed by atoms with E-state index in [1.807, 2.05) is 0 Å². The van der Waals surface area contributed by atoms with Crippen LogP contribution in [0.25, 0.3) is 0 Å². The quantitative estimate of drug-likeness (QED) is 0.595. The van der Waals surface area contributed by atoms with E-state index in [1.54, 1.807) is 0 Å². The summed E-state index contributed by atoms with van der Waals surface area (Å²) in [4.78, 5) is 24.6. The van der Waals surface area contributed by atoms with Gasteiger partial charge in [0.15, 0.2) is 0 Å². The first-order valence-electron chi connectivity index (χ1n) is 3.24. The zero-order valence-electron chi connectivity index (χ0n) is 6.39. The number of rotatable bonds is 2. The maximum atomic E-state index is 10.6. The standard InChI is InChI=1S/C7H6N2O4/c8-4-2-9-1-3(6(10)11)5(4)7(12)13/h1-2H,8H2,(H,10,11)(H,12,13). The van der Waals surface area contributed by atoms with Crippen LogP contribution in [0.5, 0.6) is 0 Å². The van der Waals surface area contributed by atoms with E-state index < -0.39 is 23.1 Å². The Morgan fingerprint density at radius 3 is 2.23 bits per heavy atom. The zero-order valence-corrected chi connectivity index (χ0v) is 6.39. The molecule has 0 atom stereocenters. The molecule has 0 unspecified atom stereocenters. The first-order valence-corrected chi connectivity index (χ1v) is 3.24. The van der Waals surface area contributed by atoms with E-state index in [4.69, 9.17) is 15.9 Å². The minimum absolute atomic E-state index is 0.160. The Morgan fingerprint density at radius 2 is 1.85 bits per heavy atom. The van der Waals surface area contributed by atoms with Gasteiger partial charge in [-0.1, -0.05) is 0 Å². The first kappa shape index (κ1) is 8.98. The molecule has 68 valence electrons. The van der Waals surface area contributed by atoms with Crippen LogP contribution in [0.2, 0.25) is 0 Å². The number of aromatic carboxylic acids is 2. The molecule has 1 heterocycles. The summed E-state index contributed by atoms with van der Waals surface area (Å²) in [5.74, 6) is -2.74. The van der Waals surface area contributed by atoms with Crippen molar-refractivity contribution in [2.24, 2.45) is 0 Å². The van der Waals surface area contributed by atoms with Gasteiger partial charge >= 0.3 is 11.9 Å². The van der Waals surface area contributed by atoms with Crippen molar-refractivity contribution in [1.29, 1.82) is 0 Å². The van der Waals surface area contributed by atoms with E-state index in [1.165, 1.54) is 0 Å². The number of pyridine rings is 1. The highest BCUT2D eigenvalue weighted by Crippen LogP contribution is 2.14. The van der Waals surface area contributed by atoms with Crippen LogP contribution in [0.3, 0.4) is 0 Å². The number of aromatic nitrogens is 1. The molecule has 4 N–H and O–H groups in total. The van der Waals surface area contributed by atoms with Crippen molar-refractivity contribution in [3.05, 3.63) is 23.5 Å². The molecule has 0 spiro atoms. The van der Waals surface area contributed by atoms with Gasteiger partial charge in [0.25, 0.3) is 0 Å². The Balaban J connectivity index is 3.43. The third-order valence-corrected chi connectivity index (χ3v) is 1.42. The fourth-order valence-electron chi connectivity index (χ4n) is 0.878. The maximum absolute atomic E-state index is 10.6. The molecule has 0 amide bonds. The molecule has 0 saturated heterocycles. The van der Waals surface area contributed by atoms with Crippen LogP contribution in [-0.4, -0.2) is 27.1 Å². The topological polar surface area (TPSA) is 114 Å². The Morgan fingerprint density at radius 1 is 1.23 bits per heavy atom. The lowest BCUT2D eigenvalue weighted by Crippen LogP contribution is -2.11. The minimum atomic E-state index is -1.38. The van der Waals surface area contributed by atoms with Gasteiger partial charge in [0.1, 0.15) is 0 Å². The highest BCUT2D eigenvalue weighted by molar-refractivity contribution is 6.04. The molecule has 0 bridgehead atoms. The number of carbonyl (C=O) groups is 2. The van der Waals surface area contributed by atoms with Gasteiger partial charge in [0, 0.05) is 6.20 Å². The second-order valence-corrected chi connectivity index (χ2v) is 2.26. The molecule has 13 heavy (non-hydrogen) atoms. The average Bonchev–Trinajstić information content (AvgIpc) is 2.02. The van der Waals surface area contributed by atoms with Gasteiger partial charge < -0.3 is 15.9 Å². The number of hydrogen-bond donors (Lipinski definition) is 3. The second kappa shape index (κ2) is 3.10. The molecule has 1 aromatic rings. The van der Waals surface area contributed by atoms with E-state index in [9.17, 15) is 9.59 Å². The van der Waals surface area contributed by atoms with Crippen LogP contribution in [0.1, 0.15) is 20.7 Å². The summed E-state index contributed by atoms with van der Waals surface area (Å²) in [7, 11) is 0. The van der Waals surface area contributed by atoms with Crippen LogP contribution in [-0.2, 0) is 0 Å². The summed E-state index contributed by atoms with van der Waals surface area (Å²) >= 11 is 0. The normalized spacial score (nSPS) is 9.54. The van der Waals surface area contributed by atoms with Crippen LogP contribution >= 0.6 is 0 Å². The molecule has 0 aliphatic heterocycles. The lowest BCUT2D eigenvalue weighted by atomic mass is 10.1. The Bertz CT molecular complexity index is 375. The van der Waals surface area contributed by atoms with Crippen LogP contribution in [0, 0.1) is 0 Å². The predicted octanol–water partition coefficient (Wildman–Crippen LogP) is 0.0602. The number of carboxylic acid groups (broad SMARTS) is 2. The fourth-order valence-corrected chi connectivity index (χ4v) is 0.878. The van der Waals surface area contributed by atoms with Crippen LogP contribution < -0.4 is 5.73 Å². The Hall–Kier alpha value is -2.11. The third-order valence-electron chi connectivity index (χ3n) is 1.42. The Kier molecular flexibility index (Phi) is 2.14. The van der Waals surface area contributed by atoms with Gasteiger partial charge in [0.2, 0.25) is 0 Å². The number of hydrogen-bond acceptors (Lipinski definition) is 4. The molecule has 0 aliphatic carbocycles. The zero-order chi connectivity index (χ0) is 10.0. The molecule has 6 heteroatoms. The third kappa shape index (κ3) is 1.56. The van der Waals surface area contributed by atoms with E-state index in [-0.39, 0.29) is 5.69 Å². The molecule has 0 aromatic carbocycles. The van der Waals surface area contributed by atoms with Crippen LogP contribution in [0.4, 0.5) is 5.69 Å². The molecule has 0 fully saturated rings. The molecule has 1 rings (SSSR count). The number of nitrogens with two attached hydrogens (primary N) is 1. The largest absolute Gasteiger partial charge is 0.478 e. The smallest absolute Gasteiger partial charge is 0.338 e. The van der Waals surface area contributed by atoms with E-state index in [0.717, 1.165) is 12.4 Å². The summed E-state index contributed by atoms with van der Waals surface area (Å²) in [5.41, 5.74) is 4.26. The molecular formula is C7H6N2O4. The molecule has 0 saturated carbocycles. The molecule has 6 nitrogen and oxygen atoms in total. The second-order valence-electron chi connectivity index (χ2n) is 2.26. The van der Waals surface area contributed by atoms with Crippen molar-refractivity contribution >= 4 is 17.6 Å². The van der Waals surface area contributed by atoms with Crippen LogP contribution in [0.15, 0.2) is 12.4 Å². The summed E-state index contributed by atoms with van der Waals surface area (Å²) in [6, 6.07) is 0. The predicted molar refractivity (Wildman–Crippen MR) is 42.6 cm³/mol. The molecule has 0 radical (unpaired) electrons. The lowest BCUT2D eigenvalue weighted by Gasteiger charge is -2.02. The Labute approximate surface area is 72.6 Å². The summed E-state index contributed by atoms with van der Waals surface area (Å²) < 4.78 is 0. The number of anilines is 1. The van der Waals surface area contributed by atoms with Crippen molar-refractivity contribution < 1.29 is 19.8 Å². The van der Waals surface area contributed by atoms with Crippen molar-refractivity contribution in [3.8, 4) is 0 Å². The monoisotopic (exact) mass is 182 g/mol. The summed E-state index contributed by atoms with van der Waals surface area (Å²) in [6.45, 7) is 0. The van der Waals surface area contributed by atoms with Crippen molar-refractivity contribution in [2.45, 2.75) is 0 Å². The maximum Gasteiger partial charge on any atom is 0.338 e. The minimum Gasteiger partial charge on any atom is -0.478 e. The van der Waals surface area contributed by atoms with Gasteiger partial charge in [0.05, 0.1) is 23.0 Å². The highest BCUT2D eigenvalue weighted by atomic mass is 16.4. The van der Waals surface area contributed by atoms with Gasteiger partial charge in [-0.05, 0) is 0 Å². The van der Waals surface area contributed by atoms with Crippen molar-refractivity contribution in [2.75, 3.05) is 5.73 Å².